The fraction of sp³-hybridized carbons (Fsp3) is 0.625. The first-order valence-corrected chi connectivity index (χ1v) is 8.13. The van der Waals surface area contributed by atoms with Gasteiger partial charge in [0.1, 0.15) is 5.82 Å². The highest BCUT2D eigenvalue weighted by Gasteiger charge is 2.20. The lowest BCUT2D eigenvalue weighted by molar-refractivity contribution is 0.0383. The van der Waals surface area contributed by atoms with E-state index in [4.69, 9.17) is 4.74 Å². The number of nitrogens with one attached hydrogen (secondary N) is 1. The molecule has 2 aliphatic heterocycles. The van der Waals surface area contributed by atoms with E-state index in [0.29, 0.717) is 12.1 Å². The summed E-state index contributed by atoms with van der Waals surface area (Å²) in [5.41, 5.74) is 0.686. The van der Waals surface area contributed by atoms with Gasteiger partial charge in [0.05, 0.1) is 18.8 Å². The van der Waals surface area contributed by atoms with Gasteiger partial charge < -0.3 is 15.0 Å². The largest absolute Gasteiger partial charge is 0.379 e. The van der Waals surface area contributed by atoms with E-state index >= 15 is 0 Å². The van der Waals surface area contributed by atoms with Crippen LogP contribution in [-0.2, 0) is 4.74 Å². The number of ether oxygens (including phenoxy) is 1. The van der Waals surface area contributed by atoms with Crippen LogP contribution in [0.25, 0.3) is 0 Å². The van der Waals surface area contributed by atoms with Crippen molar-refractivity contribution in [2.45, 2.75) is 12.8 Å². The Bertz CT molecular complexity index is 497. The molecule has 0 radical (unpaired) electrons. The Morgan fingerprint density at radius 1 is 1.23 bits per heavy atom. The van der Waals surface area contributed by atoms with Gasteiger partial charge in [-0.15, -0.1) is 0 Å². The fourth-order valence-electron chi connectivity index (χ4n) is 3.00. The number of nitrogens with zero attached hydrogens (tertiary/aromatic N) is 3. The number of pyridine rings is 1. The number of amides is 1. The summed E-state index contributed by atoms with van der Waals surface area (Å²) in [7, 11) is 0. The lowest BCUT2D eigenvalue weighted by Crippen LogP contribution is -2.41. The summed E-state index contributed by atoms with van der Waals surface area (Å²) in [4.78, 5) is 21.4. The van der Waals surface area contributed by atoms with Crippen LogP contribution in [0.4, 0.5) is 5.82 Å². The summed E-state index contributed by atoms with van der Waals surface area (Å²) in [6.45, 7) is 6.98. The van der Waals surface area contributed by atoms with Crippen LogP contribution >= 0.6 is 0 Å². The van der Waals surface area contributed by atoms with Gasteiger partial charge >= 0.3 is 0 Å². The second kappa shape index (κ2) is 7.56. The summed E-state index contributed by atoms with van der Waals surface area (Å²) >= 11 is 0. The third-order valence-electron chi connectivity index (χ3n) is 4.25. The molecule has 6 nitrogen and oxygen atoms in total. The first-order chi connectivity index (χ1) is 10.8. The summed E-state index contributed by atoms with van der Waals surface area (Å²) in [5, 5.41) is 3.02. The SMILES string of the molecule is O=C(NCCN1CCOCC1)c1cccnc1N1CCCC1. The number of aromatic nitrogens is 1. The monoisotopic (exact) mass is 304 g/mol. The van der Waals surface area contributed by atoms with Crippen molar-refractivity contribution >= 4 is 11.7 Å². The van der Waals surface area contributed by atoms with Crippen LogP contribution in [0.15, 0.2) is 18.3 Å². The first-order valence-electron chi connectivity index (χ1n) is 8.13. The summed E-state index contributed by atoms with van der Waals surface area (Å²) in [6.07, 6.45) is 4.11. The van der Waals surface area contributed by atoms with Crippen molar-refractivity contribution in [3.63, 3.8) is 0 Å². The van der Waals surface area contributed by atoms with Gasteiger partial charge in [-0.25, -0.2) is 4.98 Å². The van der Waals surface area contributed by atoms with Crippen LogP contribution in [0.5, 0.6) is 0 Å². The molecule has 3 heterocycles. The minimum Gasteiger partial charge on any atom is -0.379 e. The van der Waals surface area contributed by atoms with Gasteiger partial charge in [0.2, 0.25) is 0 Å². The molecule has 1 N–H and O–H groups in total. The maximum Gasteiger partial charge on any atom is 0.255 e. The molecular formula is C16H24N4O2. The number of hydrogen-bond donors (Lipinski definition) is 1. The third-order valence-corrected chi connectivity index (χ3v) is 4.25. The van der Waals surface area contributed by atoms with Crippen molar-refractivity contribution in [3.05, 3.63) is 23.9 Å². The van der Waals surface area contributed by atoms with E-state index in [2.05, 4.69) is 20.1 Å². The highest BCUT2D eigenvalue weighted by Crippen LogP contribution is 2.21. The molecule has 3 rings (SSSR count). The Morgan fingerprint density at radius 2 is 2.00 bits per heavy atom. The van der Waals surface area contributed by atoms with Gasteiger partial charge in [0.15, 0.2) is 0 Å². The van der Waals surface area contributed by atoms with E-state index in [-0.39, 0.29) is 5.91 Å². The molecule has 0 unspecified atom stereocenters. The number of morpholine rings is 1. The molecule has 22 heavy (non-hydrogen) atoms. The summed E-state index contributed by atoms with van der Waals surface area (Å²) in [5.74, 6) is 0.798. The van der Waals surface area contributed by atoms with E-state index in [1.807, 2.05) is 12.1 Å². The molecule has 1 amide bonds. The van der Waals surface area contributed by atoms with Crippen molar-refractivity contribution in [1.82, 2.24) is 15.2 Å². The molecule has 2 fully saturated rings. The van der Waals surface area contributed by atoms with Gasteiger partial charge in [0.25, 0.3) is 5.91 Å². The minimum absolute atomic E-state index is 0.0248. The number of rotatable bonds is 5. The maximum atomic E-state index is 12.4. The standard InChI is InChI=1S/C16H24N4O2/c21-16(18-6-9-19-10-12-22-13-11-19)14-4-3-5-17-15(14)20-7-1-2-8-20/h3-5H,1-2,6-13H2,(H,18,21). The predicted octanol–water partition coefficient (Wildman–Crippen LogP) is 0.744. The minimum atomic E-state index is -0.0248. The maximum absolute atomic E-state index is 12.4. The van der Waals surface area contributed by atoms with Crippen LogP contribution in [0, 0.1) is 0 Å². The topological polar surface area (TPSA) is 57.7 Å². The van der Waals surface area contributed by atoms with E-state index < -0.39 is 0 Å². The Labute approximate surface area is 131 Å². The van der Waals surface area contributed by atoms with Crippen molar-refractivity contribution < 1.29 is 9.53 Å². The Morgan fingerprint density at radius 3 is 2.77 bits per heavy atom. The average Bonchev–Trinajstić information content (AvgIpc) is 3.10. The zero-order chi connectivity index (χ0) is 15.2. The summed E-state index contributed by atoms with van der Waals surface area (Å²) < 4.78 is 5.33. The zero-order valence-corrected chi connectivity index (χ0v) is 13.0. The van der Waals surface area contributed by atoms with Crippen LogP contribution in [0.3, 0.4) is 0 Å². The molecule has 0 atom stereocenters. The lowest BCUT2D eigenvalue weighted by atomic mass is 10.2. The molecule has 2 aliphatic rings. The van der Waals surface area contributed by atoms with Crippen molar-refractivity contribution in [2.75, 3.05) is 57.4 Å². The van der Waals surface area contributed by atoms with Crippen LogP contribution in [-0.4, -0.2) is 68.3 Å². The van der Waals surface area contributed by atoms with Gasteiger partial charge in [-0.1, -0.05) is 0 Å². The van der Waals surface area contributed by atoms with Crippen LogP contribution < -0.4 is 10.2 Å². The molecule has 0 saturated carbocycles. The van der Waals surface area contributed by atoms with Crippen LogP contribution in [0.1, 0.15) is 23.2 Å². The molecule has 0 aliphatic carbocycles. The van der Waals surface area contributed by atoms with E-state index in [0.717, 1.165) is 51.8 Å². The van der Waals surface area contributed by atoms with Crippen molar-refractivity contribution in [3.8, 4) is 0 Å². The Kier molecular flexibility index (Phi) is 5.24. The number of anilines is 1. The Balaban J connectivity index is 1.55. The molecule has 1 aromatic heterocycles. The molecule has 6 heteroatoms. The molecule has 0 bridgehead atoms. The Hall–Kier alpha value is -1.66. The normalized spacial score (nSPS) is 19.4. The van der Waals surface area contributed by atoms with Crippen molar-refractivity contribution in [2.24, 2.45) is 0 Å². The number of hydrogen-bond acceptors (Lipinski definition) is 5. The second-order valence-corrected chi connectivity index (χ2v) is 5.78. The lowest BCUT2D eigenvalue weighted by Gasteiger charge is -2.26. The average molecular weight is 304 g/mol. The van der Waals surface area contributed by atoms with Crippen molar-refractivity contribution in [1.29, 1.82) is 0 Å². The highest BCUT2D eigenvalue weighted by atomic mass is 16.5. The van der Waals surface area contributed by atoms with E-state index in [1.165, 1.54) is 12.8 Å². The first kappa shape index (κ1) is 15.2. The highest BCUT2D eigenvalue weighted by molar-refractivity contribution is 5.98. The molecule has 1 aromatic rings. The molecule has 120 valence electrons. The fourth-order valence-corrected chi connectivity index (χ4v) is 3.00. The quantitative estimate of drug-likeness (QED) is 0.870. The third kappa shape index (κ3) is 3.75. The van der Waals surface area contributed by atoms with Gasteiger partial charge in [-0.05, 0) is 25.0 Å². The van der Waals surface area contributed by atoms with Gasteiger partial charge in [-0.2, -0.15) is 0 Å². The van der Waals surface area contributed by atoms with E-state index in [1.54, 1.807) is 6.20 Å². The number of carbonyl (C=O) groups excluding carboxylic acids is 1. The molecule has 2 saturated heterocycles. The smallest absolute Gasteiger partial charge is 0.255 e. The van der Waals surface area contributed by atoms with Crippen LogP contribution in [0.2, 0.25) is 0 Å². The summed E-state index contributed by atoms with van der Waals surface area (Å²) in [6, 6.07) is 3.70. The van der Waals surface area contributed by atoms with Gasteiger partial charge in [0, 0.05) is 45.5 Å². The van der Waals surface area contributed by atoms with Gasteiger partial charge in [-0.3, -0.25) is 9.69 Å². The zero-order valence-electron chi connectivity index (χ0n) is 13.0. The molecule has 0 aromatic carbocycles. The number of carbonyl (C=O) groups is 1. The molecular weight excluding hydrogens is 280 g/mol. The predicted molar refractivity (Wildman–Crippen MR) is 85.3 cm³/mol. The van der Waals surface area contributed by atoms with E-state index in [9.17, 15) is 4.79 Å². The second-order valence-electron chi connectivity index (χ2n) is 5.78. The molecule has 0 spiro atoms.